The Morgan fingerprint density at radius 1 is 1.30 bits per heavy atom. The molecular formula is C22H24F2N2O4. The molecule has 0 unspecified atom stereocenters. The summed E-state index contributed by atoms with van der Waals surface area (Å²) < 4.78 is 40.4. The summed E-state index contributed by atoms with van der Waals surface area (Å²) in [6, 6.07) is 6.10. The molecule has 0 radical (unpaired) electrons. The van der Waals surface area contributed by atoms with Crippen LogP contribution < -0.4 is 15.0 Å². The van der Waals surface area contributed by atoms with Crippen LogP contribution in [0.25, 0.3) is 0 Å². The topological polar surface area (TPSA) is 70.4 Å². The highest BCUT2D eigenvalue weighted by atomic mass is 19.3. The first kappa shape index (κ1) is 20.5. The molecule has 0 bridgehead atoms. The summed E-state index contributed by atoms with van der Waals surface area (Å²) in [7, 11) is 0. The van der Waals surface area contributed by atoms with E-state index in [0.717, 1.165) is 19.3 Å². The summed E-state index contributed by atoms with van der Waals surface area (Å²) in [5, 5.41) is 0. The molecule has 0 fully saturated rings. The number of fused-ring (bicyclic) bond motifs is 2. The van der Waals surface area contributed by atoms with Gasteiger partial charge in [0, 0.05) is 12.5 Å². The molecule has 6 nitrogen and oxygen atoms in total. The third kappa shape index (κ3) is 3.48. The van der Waals surface area contributed by atoms with E-state index in [4.69, 9.17) is 9.47 Å². The van der Waals surface area contributed by atoms with Gasteiger partial charge in [0.05, 0.1) is 0 Å². The molecule has 1 atom stereocenters. The minimum Gasteiger partial charge on any atom is -0.489 e. The summed E-state index contributed by atoms with van der Waals surface area (Å²) >= 11 is 0. The van der Waals surface area contributed by atoms with Gasteiger partial charge in [-0.3, -0.25) is 9.59 Å². The van der Waals surface area contributed by atoms with Crippen molar-refractivity contribution in [1.82, 2.24) is 9.55 Å². The second-order valence-corrected chi connectivity index (χ2v) is 8.47. The second kappa shape index (κ2) is 7.18. The van der Waals surface area contributed by atoms with E-state index in [9.17, 15) is 18.4 Å². The van der Waals surface area contributed by atoms with Crippen LogP contribution in [0.1, 0.15) is 61.6 Å². The average Bonchev–Trinajstić information content (AvgIpc) is 3.00. The third-order valence-corrected chi connectivity index (χ3v) is 5.92. The summed E-state index contributed by atoms with van der Waals surface area (Å²) in [6.07, 6.45) is 1.46. The fourth-order valence-corrected chi connectivity index (χ4v) is 4.18. The Labute approximate surface area is 172 Å². The summed E-state index contributed by atoms with van der Waals surface area (Å²) in [6.45, 7) is 5.53. The molecular weight excluding hydrogens is 394 g/mol. The van der Waals surface area contributed by atoms with Gasteiger partial charge in [-0.1, -0.05) is 26.8 Å². The van der Waals surface area contributed by atoms with Crippen LogP contribution >= 0.6 is 0 Å². The van der Waals surface area contributed by atoms with Crippen LogP contribution in [0.2, 0.25) is 0 Å². The number of carbonyl (C=O) groups excluding carboxylic acids is 1. The molecule has 0 saturated heterocycles. The molecule has 1 aliphatic carbocycles. The summed E-state index contributed by atoms with van der Waals surface area (Å²) in [5.41, 5.74) is 1.02. The zero-order valence-electron chi connectivity index (χ0n) is 17.2. The van der Waals surface area contributed by atoms with Crippen molar-refractivity contribution >= 4 is 5.91 Å². The lowest BCUT2D eigenvalue weighted by molar-refractivity contribution is -0.0163. The molecule has 4 rings (SSSR count). The van der Waals surface area contributed by atoms with Crippen LogP contribution in [0.5, 0.6) is 11.8 Å². The molecule has 160 valence electrons. The van der Waals surface area contributed by atoms with Crippen LogP contribution in [0.15, 0.2) is 29.1 Å². The van der Waals surface area contributed by atoms with E-state index >= 15 is 0 Å². The van der Waals surface area contributed by atoms with Crippen LogP contribution in [0, 0.1) is 0 Å². The first-order chi connectivity index (χ1) is 14.1. The number of rotatable bonds is 5. The minimum atomic E-state index is -3.35. The van der Waals surface area contributed by atoms with Crippen LogP contribution in [-0.2, 0) is 17.8 Å². The lowest BCUT2D eigenvalue weighted by Crippen LogP contribution is -2.32. The molecule has 2 aromatic rings. The Morgan fingerprint density at radius 3 is 2.80 bits per heavy atom. The number of ether oxygens (including phenoxy) is 2. The largest absolute Gasteiger partial charge is 0.489 e. The van der Waals surface area contributed by atoms with Crippen molar-refractivity contribution < 1.29 is 23.0 Å². The molecule has 0 amide bonds. The quantitative estimate of drug-likeness (QED) is 0.738. The zero-order chi connectivity index (χ0) is 21.7. The van der Waals surface area contributed by atoms with E-state index in [2.05, 4.69) is 18.8 Å². The normalized spacial score (nSPS) is 19.8. The van der Waals surface area contributed by atoms with Gasteiger partial charge in [-0.25, -0.2) is 4.57 Å². The van der Waals surface area contributed by atoms with E-state index in [1.54, 1.807) is 0 Å². The average molecular weight is 418 g/mol. The van der Waals surface area contributed by atoms with Crippen molar-refractivity contribution in [3.05, 3.63) is 51.4 Å². The molecule has 1 aromatic heterocycles. The summed E-state index contributed by atoms with van der Waals surface area (Å²) in [4.78, 5) is 28.0. The number of halogens is 2. The highest BCUT2D eigenvalue weighted by Crippen LogP contribution is 2.38. The van der Waals surface area contributed by atoms with E-state index in [0.29, 0.717) is 16.4 Å². The molecule has 0 saturated carbocycles. The van der Waals surface area contributed by atoms with Gasteiger partial charge >= 0.3 is 6.01 Å². The van der Waals surface area contributed by atoms with Gasteiger partial charge in [-0.2, -0.15) is 13.8 Å². The summed E-state index contributed by atoms with van der Waals surface area (Å²) in [5.74, 6) is -3.49. The molecule has 1 aromatic carbocycles. The second-order valence-electron chi connectivity index (χ2n) is 8.47. The Balaban J connectivity index is 1.54. The van der Waals surface area contributed by atoms with E-state index in [-0.39, 0.29) is 12.0 Å². The highest BCUT2D eigenvalue weighted by Gasteiger charge is 2.42. The lowest BCUT2D eigenvalue weighted by atomic mass is 9.73. The van der Waals surface area contributed by atoms with E-state index < -0.39 is 41.6 Å². The monoisotopic (exact) mass is 418 g/mol. The Kier molecular flexibility index (Phi) is 4.91. The van der Waals surface area contributed by atoms with Crippen molar-refractivity contribution in [3.8, 4) is 11.8 Å². The standard InChI is InChI=1S/C22H24F2N2O4/c1-4-22(23,24)17-11-18(27)25-20-26(17)19(28)16(30-20)12-29-14-7-8-15-13(10-14)6-5-9-21(15,2)3/h7-8,10-11,16H,4-6,9,12H2,1-3H3/t16-/m0/s1. The molecule has 2 aliphatic rings. The molecule has 1 aliphatic heterocycles. The zero-order valence-corrected chi connectivity index (χ0v) is 17.2. The fourth-order valence-electron chi connectivity index (χ4n) is 4.18. The van der Waals surface area contributed by atoms with Crippen molar-refractivity contribution in [2.45, 2.75) is 63.9 Å². The Hall–Kier alpha value is -2.77. The van der Waals surface area contributed by atoms with Gasteiger partial charge in [0.1, 0.15) is 18.1 Å². The van der Waals surface area contributed by atoms with Gasteiger partial charge in [0.25, 0.3) is 17.4 Å². The van der Waals surface area contributed by atoms with Gasteiger partial charge < -0.3 is 9.47 Å². The first-order valence-corrected chi connectivity index (χ1v) is 10.1. The number of hydrogen-bond acceptors (Lipinski definition) is 5. The maximum Gasteiger partial charge on any atom is 0.308 e. The number of benzene rings is 1. The number of hydrogen-bond donors (Lipinski definition) is 0. The number of aromatic nitrogens is 2. The molecule has 0 spiro atoms. The van der Waals surface area contributed by atoms with Crippen LogP contribution in [0.4, 0.5) is 8.78 Å². The highest BCUT2D eigenvalue weighted by molar-refractivity contribution is 5.87. The number of carbonyl (C=O) groups is 1. The van der Waals surface area contributed by atoms with Crippen molar-refractivity contribution in [2.75, 3.05) is 6.61 Å². The molecule has 8 heteroatoms. The van der Waals surface area contributed by atoms with Gasteiger partial charge in [0.2, 0.25) is 6.10 Å². The predicted molar refractivity (Wildman–Crippen MR) is 106 cm³/mol. The van der Waals surface area contributed by atoms with Crippen LogP contribution in [-0.4, -0.2) is 28.2 Å². The van der Waals surface area contributed by atoms with Gasteiger partial charge in [-0.05, 0) is 47.9 Å². The van der Waals surface area contributed by atoms with Crippen LogP contribution in [0.3, 0.4) is 0 Å². The molecule has 2 heterocycles. The molecule has 0 N–H and O–H groups in total. The third-order valence-electron chi connectivity index (χ3n) is 5.92. The number of nitrogens with zero attached hydrogens (tertiary/aromatic N) is 2. The van der Waals surface area contributed by atoms with Crippen molar-refractivity contribution in [1.29, 1.82) is 0 Å². The van der Waals surface area contributed by atoms with Gasteiger partial charge in [-0.15, -0.1) is 0 Å². The van der Waals surface area contributed by atoms with Crippen molar-refractivity contribution in [2.24, 2.45) is 0 Å². The smallest absolute Gasteiger partial charge is 0.308 e. The number of alkyl halides is 2. The van der Waals surface area contributed by atoms with Gasteiger partial charge in [0.15, 0.2) is 0 Å². The minimum absolute atomic E-state index is 0.109. The maximum absolute atomic E-state index is 14.3. The maximum atomic E-state index is 14.3. The number of aryl methyl sites for hydroxylation is 1. The lowest BCUT2D eigenvalue weighted by Gasteiger charge is -2.32. The SMILES string of the molecule is CCC(F)(F)c1cc(=O)nc2n1C(=O)[C@H](COc1ccc3c(c1)CCCC3(C)C)O2. The first-order valence-electron chi connectivity index (χ1n) is 10.1. The fraction of sp³-hybridized carbons (Fsp3) is 0.500. The van der Waals surface area contributed by atoms with Crippen molar-refractivity contribution in [3.63, 3.8) is 0 Å². The molecule has 30 heavy (non-hydrogen) atoms. The van der Waals surface area contributed by atoms with E-state index in [1.165, 1.54) is 18.1 Å². The Bertz CT molecular complexity index is 1060. The Morgan fingerprint density at radius 2 is 2.07 bits per heavy atom. The van der Waals surface area contributed by atoms with E-state index in [1.807, 2.05) is 18.2 Å². The predicted octanol–water partition coefficient (Wildman–Crippen LogP) is 3.84.